The van der Waals surface area contributed by atoms with Crippen LogP contribution in [0.15, 0.2) is 49.1 Å². The second-order valence-electron chi connectivity index (χ2n) is 7.28. The Kier molecular flexibility index (Phi) is 5.55. The number of hydrogen-bond acceptors (Lipinski definition) is 2. The van der Waals surface area contributed by atoms with Crippen molar-refractivity contribution >= 4 is 29.1 Å². The number of carbonyl (C=O) groups excluding carboxylic acids is 1. The summed E-state index contributed by atoms with van der Waals surface area (Å²) in [6, 6.07) is 11.3. The van der Waals surface area contributed by atoms with Gasteiger partial charge in [-0.3, -0.25) is 4.79 Å². The van der Waals surface area contributed by atoms with Crippen molar-refractivity contribution in [3.05, 3.63) is 75.8 Å². The normalized spacial score (nSPS) is 19.6. The second kappa shape index (κ2) is 7.57. The quantitative estimate of drug-likeness (QED) is 0.591. The standard InChI is InChI=1S/C22H23Cl2NO2/c1-5-6-17(14-7-10-19(23)20(24)11-14)22(4)18-9-8-15(27-13(2)3)12-16(18)21(26)25-22/h5,7-13,17H,1,6H2,2-4H3,(H,25,26). The molecule has 1 amide bonds. The smallest absolute Gasteiger partial charge is 0.252 e. The lowest BCUT2D eigenvalue weighted by molar-refractivity contribution is 0.0924. The molecule has 1 heterocycles. The first kappa shape index (κ1) is 19.8. The Bertz CT molecular complexity index is 894. The Balaban J connectivity index is 2.07. The number of rotatable bonds is 6. The summed E-state index contributed by atoms with van der Waals surface area (Å²) in [5.41, 5.74) is 2.00. The zero-order chi connectivity index (χ0) is 19.8. The molecule has 0 radical (unpaired) electrons. The number of hydrogen-bond donors (Lipinski definition) is 1. The predicted octanol–water partition coefficient (Wildman–Crippen LogP) is 6.10. The van der Waals surface area contributed by atoms with E-state index in [4.69, 9.17) is 27.9 Å². The van der Waals surface area contributed by atoms with Crippen molar-refractivity contribution in [2.24, 2.45) is 0 Å². The minimum atomic E-state index is -0.589. The predicted molar refractivity (Wildman–Crippen MR) is 111 cm³/mol. The summed E-state index contributed by atoms with van der Waals surface area (Å²) < 4.78 is 5.75. The molecular weight excluding hydrogens is 381 g/mol. The molecular formula is C22H23Cl2NO2. The maximum atomic E-state index is 12.7. The maximum Gasteiger partial charge on any atom is 0.252 e. The van der Waals surface area contributed by atoms with Gasteiger partial charge in [-0.05, 0) is 62.6 Å². The van der Waals surface area contributed by atoms with Crippen LogP contribution >= 0.6 is 23.2 Å². The highest BCUT2D eigenvalue weighted by atomic mass is 35.5. The lowest BCUT2D eigenvalue weighted by Crippen LogP contribution is -2.41. The molecule has 1 N–H and O–H groups in total. The number of ether oxygens (including phenoxy) is 1. The van der Waals surface area contributed by atoms with Gasteiger partial charge in [-0.25, -0.2) is 0 Å². The molecule has 2 unspecified atom stereocenters. The molecule has 2 aromatic rings. The lowest BCUT2D eigenvalue weighted by atomic mass is 9.75. The number of benzene rings is 2. The first-order chi connectivity index (χ1) is 12.8. The third kappa shape index (κ3) is 3.71. The third-order valence-electron chi connectivity index (χ3n) is 4.99. The van der Waals surface area contributed by atoms with Crippen molar-refractivity contribution in [2.75, 3.05) is 0 Å². The Morgan fingerprint density at radius 3 is 2.56 bits per heavy atom. The molecule has 2 atom stereocenters. The summed E-state index contributed by atoms with van der Waals surface area (Å²) in [6.45, 7) is 9.86. The molecule has 5 heteroatoms. The number of halogens is 2. The lowest BCUT2D eigenvalue weighted by Gasteiger charge is -2.35. The van der Waals surface area contributed by atoms with Crippen LogP contribution in [0.1, 0.15) is 54.6 Å². The van der Waals surface area contributed by atoms with Crippen LogP contribution in [0.3, 0.4) is 0 Å². The van der Waals surface area contributed by atoms with Crippen molar-refractivity contribution in [3.63, 3.8) is 0 Å². The Labute approximate surface area is 170 Å². The molecule has 0 saturated carbocycles. The summed E-state index contributed by atoms with van der Waals surface area (Å²) in [7, 11) is 0. The van der Waals surface area contributed by atoms with Crippen LogP contribution in [0.5, 0.6) is 5.75 Å². The fraction of sp³-hybridized carbons (Fsp3) is 0.318. The van der Waals surface area contributed by atoms with Gasteiger partial charge in [-0.1, -0.05) is 41.4 Å². The van der Waals surface area contributed by atoms with E-state index < -0.39 is 5.54 Å². The monoisotopic (exact) mass is 403 g/mol. The summed E-state index contributed by atoms with van der Waals surface area (Å²) in [4.78, 5) is 12.7. The fourth-order valence-corrected chi connectivity index (χ4v) is 4.06. The zero-order valence-electron chi connectivity index (χ0n) is 15.7. The van der Waals surface area contributed by atoms with E-state index in [0.717, 1.165) is 11.1 Å². The molecule has 0 bridgehead atoms. The number of nitrogens with one attached hydrogen (secondary N) is 1. The average Bonchev–Trinajstić information content (AvgIpc) is 2.86. The van der Waals surface area contributed by atoms with Gasteiger partial charge in [0.1, 0.15) is 5.75 Å². The number of allylic oxidation sites excluding steroid dienone is 1. The van der Waals surface area contributed by atoms with Crippen LogP contribution in [-0.2, 0) is 5.54 Å². The van der Waals surface area contributed by atoms with Crippen LogP contribution in [-0.4, -0.2) is 12.0 Å². The average molecular weight is 404 g/mol. The van der Waals surface area contributed by atoms with Gasteiger partial charge < -0.3 is 10.1 Å². The van der Waals surface area contributed by atoms with Crippen LogP contribution in [0.2, 0.25) is 10.0 Å². The van der Waals surface area contributed by atoms with Crippen molar-refractivity contribution in [2.45, 2.75) is 44.8 Å². The van der Waals surface area contributed by atoms with Crippen molar-refractivity contribution < 1.29 is 9.53 Å². The maximum absolute atomic E-state index is 12.7. The molecule has 3 nitrogen and oxygen atoms in total. The number of carbonyl (C=O) groups is 1. The van der Waals surface area contributed by atoms with E-state index in [2.05, 4.69) is 11.9 Å². The number of fused-ring (bicyclic) bond motifs is 1. The van der Waals surface area contributed by atoms with Gasteiger partial charge in [0.05, 0.1) is 21.7 Å². The molecule has 0 aromatic heterocycles. The molecule has 0 aliphatic carbocycles. The Morgan fingerprint density at radius 1 is 1.19 bits per heavy atom. The molecule has 0 fully saturated rings. The topological polar surface area (TPSA) is 38.3 Å². The van der Waals surface area contributed by atoms with Gasteiger partial charge in [0.25, 0.3) is 5.91 Å². The molecule has 142 valence electrons. The Hall–Kier alpha value is -1.97. The summed E-state index contributed by atoms with van der Waals surface area (Å²) in [6.07, 6.45) is 2.58. The van der Waals surface area contributed by atoms with E-state index in [0.29, 0.717) is 27.8 Å². The Morgan fingerprint density at radius 2 is 1.93 bits per heavy atom. The molecule has 3 rings (SSSR count). The van der Waals surface area contributed by atoms with Gasteiger partial charge in [0.2, 0.25) is 0 Å². The van der Waals surface area contributed by atoms with Gasteiger partial charge in [0, 0.05) is 11.5 Å². The molecule has 27 heavy (non-hydrogen) atoms. The summed E-state index contributed by atoms with van der Waals surface area (Å²) in [5, 5.41) is 4.18. The molecule has 1 aliphatic heterocycles. The highest BCUT2D eigenvalue weighted by Gasteiger charge is 2.45. The molecule has 0 saturated heterocycles. The van der Waals surface area contributed by atoms with Crippen LogP contribution < -0.4 is 10.1 Å². The molecule has 0 spiro atoms. The van der Waals surface area contributed by atoms with E-state index in [1.54, 1.807) is 6.07 Å². The number of amides is 1. The second-order valence-corrected chi connectivity index (χ2v) is 8.10. The summed E-state index contributed by atoms with van der Waals surface area (Å²) in [5.74, 6) is 0.556. The first-order valence-electron chi connectivity index (χ1n) is 8.95. The summed E-state index contributed by atoms with van der Waals surface area (Å²) >= 11 is 12.3. The zero-order valence-corrected chi connectivity index (χ0v) is 17.2. The van der Waals surface area contributed by atoms with Crippen LogP contribution in [0, 0.1) is 0 Å². The largest absolute Gasteiger partial charge is 0.491 e. The first-order valence-corrected chi connectivity index (χ1v) is 9.71. The van der Waals surface area contributed by atoms with E-state index in [-0.39, 0.29) is 17.9 Å². The van der Waals surface area contributed by atoms with Gasteiger partial charge in [-0.15, -0.1) is 6.58 Å². The SMILES string of the molecule is C=CCC(c1ccc(Cl)c(Cl)c1)C1(C)NC(=O)c2cc(OC(C)C)ccc21. The van der Waals surface area contributed by atoms with E-state index >= 15 is 0 Å². The highest BCUT2D eigenvalue weighted by molar-refractivity contribution is 6.42. The van der Waals surface area contributed by atoms with Crippen LogP contribution in [0.4, 0.5) is 0 Å². The van der Waals surface area contributed by atoms with Gasteiger partial charge >= 0.3 is 0 Å². The van der Waals surface area contributed by atoms with E-state index in [1.165, 1.54) is 0 Å². The minimum Gasteiger partial charge on any atom is -0.491 e. The van der Waals surface area contributed by atoms with Crippen molar-refractivity contribution in [1.29, 1.82) is 0 Å². The van der Waals surface area contributed by atoms with Crippen molar-refractivity contribution in [1.82, 2.24) is 5.32 Å². The minimum absolute atomic E-state index is 0.0353. The third-order valence-corrected chi connectivity index (χ3v) is 5.72. The fourth-order valence-electron chi connectivity index (χ4n) is 3.76. The van der Waals surface area contributed by atoms with Crippen LogP contribution in [0.25, 0.3) is 0 Å². The van der Waals surface area contributed by atoms with Gasteiger partial charge in [-0.2, -0.15) is 0 Å². The van der Waals surface area contributed by atoms with E-state index in [9.17, 15) is 4.79 Å². The van der Waals surface area contributed by atoms with Gasteiger partial charge in [0.15, 0.2) is 0 Å². The van der Waals surface area contributed by atoms with Crippen molar-refractivity contribution in [3.8, 4) is 5.75 Å². The van der Waals surface area contributed by atoms with E-state index in [1.807, 2.05) is 57.2 Å². The highest BCUT2D eigenvalue weighted by Crippen LogP contribution is 2.45. The molecule has 2 aromatic carbocycles. The molecule has 1 aliphatic rings.